The summed E-state index contributed by atoms with van der Waals surface area (Å²) < 4.78 is 0. The Morgan fingerprint density at radius 1 is 0.632 bits per heavy atom. The van der Waals surface area contributed by atoms with Crippen LogP contribution in [0, 0.1) is 0 Å². The molecule has 0 aliphatic carbocycles. The van der Waals surface area contributed by atoms with Gasteiger partial charge in [0.05, 0.1) is 0 Å². The standard InChI is InChI=1S/C12H11BO2.2C2H6/c14-13(15)12-8-6-11(7-9-12)10-4-2-1-3-5-10;2*1-2/h1-9,14-15H;2*1-2H3. The molecule has 0 aromatic heterocycles. The van der Waals surface area contributed by atoms with E-state index in [0.29, 0.717) is 5.46 Å². The second kappa shape index (κ2) is 10.4. The van der Waals surface area contributed by atoms with Gasteiger partial charge in [0.2, 0.25) is 0 Å². The van der Waals surface area contributed by atoms with Gasteiger partial charge >= 0.3 is 7.12 Å². The van der Waals surface area contributed by atoms with Crippen LogP contribution in [0.15, 0.2) is 54.6 Å². The van der Waals surface area contributed by atoms with Crippen LogP contribution >= 0.6 is 0 Å². The number of rotatable bonds is 2. The lowest BCUT2D eigenvalue weighted by Crippen LogP contribution is -2.29. The zero-order valence-corrected chi connectivity index (χ0v) is 12.2. The fourth-order valence-electron chi connectivity index (χ4n) is 1.48. The molecule has 2 N–H and O–H groups in total. The Bertz CT molecular complexity index is 424. The molecule has 0 fully saturated rings. The first-order valence-corrected chi connectivity index (χ1v) is 6.79. The molecule has 3 heteroatoms. The Labute approximate surface area is 116 Å². The van der Waals surface area contributed by atoms with Crippen LogP contribution in [0.3, 0.4) is 0 Å². The topological polar surface area (TPSA) is 40.5 Å². The molecular weight excluding hydrogens is 235 g/mol. The first-order chi connectivity index (χ1) is 9.27. The summed E-state index contributed by atoms with van der Waals surface area (Å²) in [5.74, 6) is 0. The Hall–Kier alpha value is -1.58. The predicted molar refractivity (Wildman–Crippen MR) is 84.4 cm³/mol. The third kappa shape index (κ3) is 5.73. The van der Waals surface area contributed by atoms with Gasteiger partial charge in [-0.15, -0.1) is 0 Å². The second-order valence-corrected chi connectivity index (χ2v) is 3.36. The van der Waals surface area contributed by atoms with Gasteiger partial charge in [-0.1, -0.05) is 82.3 Å². The minimum absolute atomic E-state index is 0.509. The highest BCUT2D eigenvalue weighted by atomic mass is 16.4. The van der Waals surface area contributed by atoms with Crippen molar-refractivity contribution in [2.75, 3.05) is 0 Å². The molecule has 0 saturated carbocycles. The molecule has 0 spiro atoms. The third-order valence-corrected chi connectivity index (χ3v) is 2.32. The summed E-state index contributed by atoms with van der Waals surface area (Å²) in [5, 5.41) is 17.9. The average Bonchev–Trinajstić information content (AvgIpc) is 2.52. The van der Waals surface area contributed by atoms with Crippen LogP contribution in [-0.4, -0.2) is 17.2 Å². The van der Waals surface area contributed by atoms with Crippen molar-refractivity contribution in [1.82, 2.24) is 0 Å². The number of hydrogen-bond acceptors (Lipinski definition) is 2. The van der Waals surface area contributed by atoms with Crippen LogP contribution in [0.5, 0.6) is 0 Å². The van der Waals surface area contributed by atoms with Crippen LogP contribution < -0.4 is 5.46 Å². The summed E-state index contributed by atoms with van der Waals surface area (Å²) in [4.78, 5) is 0. The van der Waals surface area contributed by atoms with Crippen molar-refractivity contribution >= 4 is 12.6 Å². The van der Waals surface area contributed by atoms with Crippen molar-refractivity contribution in [3.63, 3.8) is 0 Å². The maximum Gasteiger partial charge on any atom is 0.488 e. The smallest absolute Gasteiger partial charge is 0.423 e. The van der Waals surface area contributed by atoms with Crippen molar-refractivity contribution in [3.05, 3.63) is 54.6 Å². The molecule has 0 amide bonds. The normalized spacial score (nSPS) is 8.53. The van der Waals surface area contributed by atoms with E-state index in [1.54, 1.807) is 12.1 Å². The Morgan fingerprint density at radius 3 is 1.47 bits per heavy atom. The van der Waals surface area contributed by atoms with Crippen LogP contribution in [-0.2, 0) is 0 Å². The minimum Gasteiger partial charge on any atom is -0.423 e. The highest BCUT2D eigenvalue weighted by Gasteiger charge is 2.09. The summed E-state index contributed by atoms with van der Waals surface area (Å²) in [6.07, 6.45) is 0. The minimum atomic E-state index is -1.39. The van der Waals surface area contributed by atoms with Crippen LogP contribution in [0.25, 0.3) is 11.1 Å². The van der Waals surface area contributed by atoms with E-state index in [0.717, 1.165) is 11.1 Å². The second-order valence-electron chi connectivity index (χ2n) is 3.36. The molecule has 0 aliphatic rings. The van der Waals surface area contributed by atoms with E-state index < -0.39 is 7.12 Å². The number of benzene rings is 2. The van der Waals surface area contributed by atoms with Crippen molar-refractivity contribution in [3.8, 4) is 11.1 Å². The lowest BCUT2D eigenvalue weighted by Gasteiger charge is -2.03. The maximum atomic E-state index is 8.94. The first-order valence-electron chi connectivity index (χ1n) is 6.79. The zero-order chi connectivity index (χ0) is 14.7. The molecular formula is C16H23BO2. The molecule has 0 atom stereocenters. The summed E-state index contributed by atoms with van der Waals surface area (Å²) in [5.41, 5.74) is 2.70. The summed E-state index contributed by atoms with van der Waals surface area (Å²) >= 11 is 0. The summed E-state index contributed by atoms with van der Waals surface area (Å²) in [6.45, 7) is 8.00. The van der Waals surface area contributed by atoms with Gasteiger partial charge in [-0.25, -0.2) is 0 Å². The van der Waals surface area contributed by atoms with E-state index in [1.165, 1.54) is 0 Å². The van der Waals surface area contributed by atoms with Gasteiger partial charge in [0.15, 0.2) is 0 Å². The zero-order valence-electron chi connectivity index (χ0n) is 12.2. The molecule has 2 aromatic carbocycles. The molecule has 2 nitrogen and oxygen atoms in total. The van der Waals surface area contributed by atoms with E-state index in [-0.39, 0.29) is 0 Å². The van der Waals surface area contributed by atoms with Crippen LogP contribution in [0.2, 0.25) is 0 Å². The SMILES string of the molecule is CC.CC.OB(O)c1ccc(-c2ccccc2)cc1. The third-order valence-electron chi connectivity index (χ3n) is 2.32. The summed E-state index contributed by atoms with van der Waals surface area (Å²) in [7, 11) is -1.39. The maximum absolute atomic E-state index is 8.94. The fraction of sp³-hybridized carbons (Fsp3) is 0.250. The highest BCUT2D eigenvalue weighted by molar-refractivity contribution is 6.58. The van der Waals surface area contributed by atoms with Gasteiger partial charge in [0.1, 0.15) is 0 Å². The Balaban J connectivity index is 0.000000741. The highest BCUT2D eigenvalue weighted by Crippen LogP contribution is 2.16. The van der Waals surface area contributed by atoms with Crippen LogP contribution in [0.4, 0.5) is 0 Å². The monoisotopic (exact) mass is 258 g/mol. The first kappa shape index (κ1) is 17.4. The lowest BCUT2D eigenvalue weighted by atomic mass is 9.80. The number of hydrogen-bond donors (Lipinski definition) is 2. The predicted octanol–water partition coefficient (Wildman–Crippen LogP) is 3.09. The fourth-order valence-corrected chi connectivity index (χ4v) is 1.48. The van der Waals surface area contributed by atoms with Crippen molar-refractivity contribution in [2.45, 2.75) is 27.7 Å². The summed E-state index contributed by atoms with van der Waals surface area (Å²) in [6, 6.07) is 17.1. The molecule has 102 valence electrons. The van der Waals surface area contributed by atoms with Crippen LogP contribution in [0.1, 0.15) is 27.7 Å². The lowest BCUT2D eigenvalue weighted by molar-refractivity contribution is 0.426. The Morgan fingerprint density at radius 2 is 1.05 bits per heavy atom. The van der Waals surface area contributed by atoms with Gasteiger partial charge in [-0.2, -0.15) is 0 Å². The molecule has 0 bridgehead atoms. The molecule has 0 aliphatic heterocycles. The van der Waals surface area contributed by atoms with Gasteiger partial charge in [-0.3, -0.25) is 0 Å². The van der Waals surface area contributed by atoms with Crippen molar-refractivity contribution in [1.29, 1.82) is 0 Å². The van der Waals surface area contributed by atoms with Gasteiger partial charge in [0.25, 0.3) is 0 Å². The van der Waals surface area contributed by atoms with E-state index in [1.807, 2.05) is 70.2 Å². The largest absolute Gasteiger partial charge is 0.488 e. The van der Waals surface area contributed by atoms with E-state index in [9.17, 15) is 0 Å². The quantitative estimate of drug-likeness (QED) is 0.812. The molecule has 0 unspecified atom stereocenters. The van der Waals surface area contributed by atoms with Gasteiger partial charge in [0, 0.05) is 0 Å². The van der Waals surface area contributed by atoms with E-state index in [2.05, 4.69) is 0 Å². The van der Waals surface area contributed by atoms with Crippen molar-refractivity contribution < 1.29 is 10.0 Å². The van der Waals surface area contributed by atoms with Crippen molar-refractivity contribution in [2.24, 2.45) is 0 Å². The molecule has 0 radical (unpaired) electrons. The molecule has 0 heterocycles. The van der Waals surface area contributed by atoms with E-state index in [4.69, 9.17) is 10.0 Å². The molecule has 2 aromatic rings. The molecule has 19 heavy (non-hydrogen) atoms. The molecule has 2 rings (SSSR count). The Kier molecular flexibility index (Phi) is 9.50. The van der Waals surface area contributed by atoms with E-state index >= 15 is 0 Å². The van der Waals surface area contributed by atoms with Gasteiger partial charge < -0.3 is 10.0 Å². The average molecular weight is 258 g/mol. The van der Waals surface area contributed by atoms with Gasteiger partial charge in [-0.05, 0) is 16.6 Å². The molecule has 0 saturated heterocycles.